The van der Waals surface area contributed by atoms with E-state index in [0.717, 1.165) is 33.1 Å². The van der Waals surface area contributed by atoms with E-state index in [2.05, 4.69) is 221 Å². The van der Waals surface area contributed by atoms with Crippen molar-refractivity contribution in [3.63, 3.8) is 0 Å². The molecule has 1 aromatic heterocycles. The number of fused-ring (bicyclic) bond motifs is 10. The lowest BCUT2D eigenvalue weighted by Gasteiger charge is -2.24. The molecule has 12 rings (SSSR count). The second-order valence-electron chi connectivity index (χ2n) is 18.0. The molecular formula is C59H44OSi. The zero-order chi connectivity index (χ0) is 41.0. The van der Waals surface area contributed by atoms with Crippen molar-refractivity contribution in [3.05, 3.63) is 205 Å². The number of furan rings is 1. The summed E-state index contributed by atoms with van der Waals surface area (Å²) in [5, 5.41) is 12.7. The zero-order valence-electron chi connectivity index (χ0n) is 34.9. The van der Waals surface area contributed by atoms with Gasteiger partial charge in [0.2, 0.25) is 0 Å². The summed E-state index contributed by atoms with van der Waals surface area (Å²) in [7, 11) is -1.88. The lowest BCUT2D eigenvalue weighted by Crippen LogP contribution is -2.52. The van der Waals surface area contributed by atoms with Gasteiger partial charge >= 0.3 is 0 Å². The summed E-state index contributed by atoms with van der Waals surface area (Å²) in [5.41, 5.74) is 14.5. The Bertz CT molecular complexity index is 3510. The van der Waals surface area contributed by atoms with Crippen LogP contribution < -0.4 is 10.4 Å². The Labute approximate surface area is 357 Å². The highest BCUT2D eigenvalue weighted by atomic mass is 28.3. The number of hydrogen-bond acceptors (Lipinski definition) is 1. The number of para-hydroxylation sites is 1. The molecule has 11 aromatic rings. The van der Waals surface area contributed by atoms with Gasteiger partial charge in [0.05, 0.1) is 0 Å². The van der Waals surface area contributed by atoms with Gasteiger partial charge in [0.25, 0.3) is 0 Å². The predicted octanol–water partition coefficient (Wildman–Crippen LogP) is 15.2. The van der Waals surface area contributed by atoms with E-state index in [9.17, 15) is 0 Å². The first-order valence-corrected chi connectivity index (χ1v) is 24.5. The zero-order valence-corrected chi connectivity index (χ0v) is 35.9. The van der Waals surface area contributed by atoms with Gasteiger partial charge < -0.3 is 4.42 Å². The lowest BCUT2D eigenvalue weighted by molar-refractivity contribution is 0.661. The van der Waals surface area contributed by atoms with E-state index in [1.165, 1.54) is 87.2 Å². The summed E-state index contributed by atoms with van der Waals surface area (Å²) in [6.07, 6.45) is 0. The Hall–Kier alpha value is -7.00. The van der Waals surface area contributed by atoms with Crippen LogP contribution in [-0.4, -0.2) is 8.07 Å². The third-order valence-electron chi connectivity index (χ3n) is 14.0. The molecule has 0 aliphatic heterocycles. The molecule has 0 fully saturated rings. The average molecular weight is 797 g/mol. The summed E-state index contributed by atoms with van der Waals surface area (Å²) < 4.78 is 6.76. The van der Waals surface area contributed by atoms with Crippen molar-refractivity contribution in [1.29, 1.82) is 0 Å². The van der Waals surface area contributed by atoms with E-state index in [1.54, 1.807) is 0 Å². The molecule has 10 aromatic carbocycles. The van der Waals surface area contributed by atoms with Crippen molar-refractivity contribution in [3.8, 4) is 44.5 Å². The van der Waals surface area contributed by atoms with Crippen molar-refractivity contribution in [2.75, 3.05) is 0 Å². The Balaban J connectivity index is 1.08. The van der Waals surface area contributed by atoms with Crippen LogP contribution in [0.5, 0.6) is 0 Å². The molecule has 0 radical (unpaired) electrons. The molecule has 1 heterocycles. The van der Waals surface area contributed by atoms with Gasteiger partial charge in [0, 0.05) is 21.8 Å². The number of hydrogen-bond donors (Lipinski definition) is 0. The maximum Gasteiger partial charge on any atom is 0.143 e. The molecule has 0 saturated carbocycles. The number of rotatable bonds is 5. The molecule has 1 aliphatic carbocycles. The molecule has 0 bridgehead atoms. The second-order valence-corrected chi connectivity index (χ2v) is 22.4. The van der Waals surface area contributed by atoms with E-state index in [-0.39, 0.29) is 5.41 Å². The van der Waals surface area contributed by atoms with E-state index in [4.69, 9.17) is 4.42 Å². The van der Waals surface area contributed by atoms with Gasteiger partial charge in [-0.3, -0.25) is 0 Å². The summed E-state index contributed by atoms with van der Waals surface area (Å²) in [6.45, 7) is 9.67. The van der Waals surface area contributed by atoms with Crippen molar-refractivity contribution < 1.29 is 4.42 Å². The maximum absolute atomic E-state index is 6.76. The fourth-order valence-corrected chi connectivity index (χ4v) is 13.0. The minimum Gasteiger partial charge on any atom is -0.455 e. The summed E-state index contributed by atoms with van der Waals surface area (Å²) in [4.78, 5) is 0. The van der Waals surface area contributed by atoms with Crippen LogP contribution in [0.4, 0.5) is 0 Å². The minimum absolute atomic E-state index is 0.132. The van der Waals surface area contributed by atoms with Crippen LogP contribution in [0.3, 0.4) is 0 Å². The fourth-order valence-electron chi connectivity index (χ4n) is 10.7. The molecule has 0 unspecified atom stereocenters. The van der Waals surface area contributed by atoms with Crippen LogP contribution in [0, 0.1) is 0 Å². The van der Waals surface area contributed by atoms with Crippen LogP contribution in [0.25, 0.3) is 98.8 Å². The molecular weight excluding hydrogens is 753 g/mol. The normalized spacial score (nSPS) is 13.4. The number of benzene rings is 10. The van der Waals surface area contributed by atoms with Crippen LogP contribution in [0.2, 0.25) is 13.1 Å². The quantitative estimate of drug-likeness (QED) is 0.125. The van der Waals surface area contributed by atoms with E-state index >= 15 is 0 Å². The van der Waals surface area contributed by atoms with Gasteiger partial charge in [-0.05, 0) is 107 Å². The van der Waals surface area contributed by atoms with Crippen molar-refractivity contribution in [2.45, 2.75) is 32.4 Å². The van der Waals surface area contributed by atoms with E-state index in [0.29, 0.717) is 0 Å². The van der Waals surface area contributed by atoms with Crippen LogP contribution in [-0.2, 0) is 5.41 Å². The van der Waals surface area contributed by atoms with Crippen LogP contribution in [0.15, 0.2) is 199 Å². The highest BCUT2D eigenvalue weighted by Gasteiger charge is 2.37. The second kappa shape index (κ2) is 13.2. The molecule has 0 amide bonds. The van der Waals surface area contributed by atoms with Crippen molar-refractivity contribution in [1.82, 2.24) is 0 Å². The van der Waals surface area contributed by atoms with Crippen LogP contribution in [0.1, 0.15) is 25.0 Å². The summed E-state index contributed by atoms with van der Waals surface area (Å²) in [5.74, 6) is 0. The van der Waals surface area contributed by atoms with Gasteiger partial charge in [-0.15, -0.1) is 0 Å². The van der Waals surface area contributed by atoms with Gasteiger partial charge in [-0.25, -0.2) is 0 Å². The Morgan fingerprint density at radius 3 is 1.62 bits per heavy atom. The van der Waals surface area contributed by atoms with Crippen molar-refractivity contribution in [2.24, 2.45) is 0 Å². The first-order valence-electron chi connectivity index (χ1n) is 21.5. The van der Waals surface area contributed by atoms with E-state index in [1.807, 2.05) is 0 Å². The highest BCUT2D eigenvalue weighted by Crippen LogP contribution is 2.53. The minimum atomic E-state index is -1.88. The SMILES string of the molecule is CC1(C)c2cc(-c3c4ccccc4c(-c4cc(-c5ccc([Si](C)(C)c6ccccc6)cc5)c5oc6ccccc6c5c4)c4ccccc34)ccc2-c2c1ccc1ccccc21. The molecule has 61 heavy (non-hydrogen) atoms. The topological polar surface area (TPSA) is 13.1 Å². The smallest absolute Gasteiger partial charge is 0.143 e. The molecule has 0 N–H and O–H groups in total. The third-order valence-corrected chi connectivity index (χ3v) is 17.5. The Morgan fingerprint density at radius 2 is 0.934 bits per heavy atom. The first kappa shape index (κ1) is 35.9. The summed E-state index contributed by atoms with van der Waals surface area (Å²) in [6, 6.07) is 72.4. The lowest BCUT2D eigenvalue weighted by atomic mass is 9.80. The van der Waals surface area contributed by atoms with Crippen molar-refractivity contribution >= 4 is 72.7 Å². The van der Waals surface area contributed by atoms with Crippen LogP contribution >= 0.6 is 0 Å². The monoisotopic (exact) mass is 796 g/mol. The van der Waals surface area contributed by atoms with E-state index < -0.39 is 8.07 Å². The molecule has 1 aliphatic rings. The third kappa shape index (κ3) is 5.32. The fraction of sp³-hybridized carbons (Fsp3) is 0.0847. The van der Waals surface area contributed by atoms with Gasteiger partial charge in [-0.1, -0.05) is 207 Å². The molecule has 0 saturated heterocycles. The summed E-state index contributed by atoms with van der Waals surface area (Å²) >= 11 is 0. The Morgan fingerprint density at radius 1 is 0.377 bits per heavy atom. The van der Waals surface area contributed by atoms with Gasteiger partial charge in [0.1, 0.15) is 19.2 Å². The molecule has 290 valence electrons. The standard InChI is InChI=1S/C59H44OSi/c1-59(2)52-33-29-37-16-8-9-19-43(37)57(52)49-32-28-39(36-53(49)59)55-45-21-10-12-23-47(45)56(48-24-13-11-22-46(48)55)40-34-50(58-51(35-40)44-20-14-15-25-54(44)60-58)38-26-30-42(31-27-38)61(3,4)41-17-6-5-7-18-41/h5-36H,1-4H3. The first-order chi connectivity index (χ1) is 29.8. The Kier molecular flexibility index (Phi) is 7.80. The van der Waals surface area contributed by atoms with Gasteiger partial charge in [0.15, 0.2) is 0 Å². The predicted molar refractivity (Wildman–Crippen MR) is 263 cm³/mol. The van der Waals surface area contributed by atoms with Gasteiger partial charge in [-0.2, -0.15) is 0 Å². The largest absolute Gasteiger partial charge is 0.455 e. The molecule has 0 spiro atoms. The molecule has 1 nitrogen and oxygen atoms in total. The molecule has 0 atom stereocenters. The maximum atomic E-state index is 6.76. The highest BCUT2D eigenvalue weighted by molar-refractivity contribution is 7.00. The average Bonchev–Trinajstić information content (AvgIpc) is 3.79. The molecule has 2 heteroatoms.